The fraction of sp³-hybridized carbons (Fsp3) is 0.812. The molecule has 0 amide bonds. The number of rotatable bonds is 0. The van der Waals surface area contributed by atoms with Gasteiger partial charge in [0.2, 0.25) is 0 Å². The number of aliphatic hydroxyl groups is 1. The highest BCUT2D eigenvalue weighted by Crippen LogP contribution is 2.71. The Balaban J connectivity index is 1.88. The van der Waals surface area contributed by atoms with Crippen LogP contribution in [-0.4, -0.2) is 10.9 Å². The Bertz CT molecular complexity index is 468. The van der Waals surface area contributed by atoms with Crippen LogP contribution in [0.15, 0.2) is 11.3 Å². The third-order valence-corrected chi connectivity index (χ3v) is 6.19. The summed E-state index contributed by atoms with van der Waals surface area (Å²) < 4.78 is 0. The summed E-state index contributed by atoms with van der Waals surface area (Å²) in [6, 6.07) is 0. The lowest BCUT2D eigenvalue weighted by Crippen LogP contribution is -2.23. The number of hydrogen-bond donors (Lipinski definition) is 1. The smallest absolute Gasteiger partial charge is 0.166 e. The van der Waals surface area contributed by atoms with Crippen molar-refractivity contribution in [3.05, 3.63) is 11.3 Å². The number of carbonyl (C=O) groups excluding carboxylic acids is 1. The summed E-state index contributed by atoms with van der Waals surface area (Å²) >= 11 is 0. The van der Waals surface area contributed by atoms with Crippen molar-refractivity contribution in [2.24, 2.45) is 40.9 Å². The molecule has 0 radical (unpaired) electrons. The minimum atomic E-state index is -0.286. The molecule has 98 valence electrons. The molecule has 0 aromatic carbocycles. The summed E-state index contributed by atoms with van der Waals surface area (Å²) in [7, 11) is 0. The first-order valence-electron chi connectivity index (χ1n) is 7.39. The van der Waals surface area contributed by atoms with Gasteiger partial charge in [-0.1, -0.05) is 20.8 Å². The third kappa shape index (κ3) is 1.05. The van der Waals surface area contributed by atoms with Crippen molar-refractivity contribution in [2.45, 2.75) is 40.0 Å². The van der Waals surface area contributed by atoms with Gasteiger partial charge in [-0.15, -0.1) is 0 Å². The molecular weight excluding hydrogens is 224 g/mol. The van der Waals surface area contributed by atoms with Crippen LogP contribution in [0.3, 0.4) is 0 Å². The Labute approximate surface area is 108 Å². The van der Waals surface area contributed by atoms with E-state index in [0.717, 1.165) is 11.5 Å². The lowest BCUT2D eigenvalue weighted by molar-refractivity contribution is -0.119. The zero-order valence-corrected chi connectivity index (χ0v) is 11.4. The Morgan fingerprint density at radius 2 is 1.67 bits per heavy atom. The number of hydrogen-bond acceptors (Lipinski definition) is 2. The first-order chi connectivity index (χ1) is 8.41. The highest BCUT2D eigenvalue weighted by Gasteiger charge is 2.69. The van der Waals surface area contributed by atoms with Gasteiger partial charge in [-0.3, -0.25) is 4.79 Å². The second-order valence-corrected chi connectivity index (χ2v) is 7.90. The molecule has 6 unspecified atom stereocenters. The molecule has 0 saturated heterocycles. The van der Waals surface area contributed by atoms with Crippen molar-refractivity contribution in [2.75, 3.05) is 0 Å². The van der Waals surface area contributed by atoms with Crippen LogP contribution in [0.25, 0.3) is 0 Å². The minimum absolute atomic E-state index is 0.276. The number of carbonyl (C=O) groups is 1. The van der Waals surface area contributed by atoms with Crippen LogP contribution in [0.2, 0.25) is 0 Å². The van der Waals surface area contributed by atoms with Crippen molar-refractivity contribution >= 4 is 5.78 Å². The normalized spacial score (nSPS) is 51.4. The molecule has 0 spiro atoms. The van der Waals surface area contributed by atoms with Crippen LogP contribution in [0.5, 0.6) is 0 Å². The lowest BCUT2D eigenvalue weighted by Gasteiger charge is -2.26. The Morgan fingerprint density at radius 1 is 1.06 bits per heavy atom. The van der Waals surface area contributed by atoms with Crippen LogP contribution in [0.1, 0.15) is 40.0 Å². The Kier molecular flexibility index (Phi) is 1.86. The van der Waals surface area contributed by atoms with E-state index in [1.165, 1.54) is 19.3 Å². The number of allylic oxidation sites excluding steroid dienone is 2. The van der Waals surface area contributed by atoms with Gasteiger partial charge in [0, 0.05) is 16.9 Å². The summed E-state index contributed by atoms with van der Waals surface area (Å²) in [5.41, 5.74) is 0.554. The molecule has 18 heavy (non-hydrogen) atoms. The van der Waals surface area contributed by atoms with Crippen LogP contribution >= 0.6 is 0 Å². The molecule has 4 rings (SSSR count). The summed E-state index contributed by atoms with van der Waals surface area (Å²) in [4.78, 5) is 12.7. The van der Waals surface area contributed by atoms with Gasteiger partial charge in [-0.05, 0) is 48.9 Å². The molecule has 2 heteroatoms. The van der Waals surface area contributed by atoms with Crippen LogP contribution in [-0.2, 0) is 4.79 Å². The van der Waals surface area contributed by atoms with Gasteiger partial charge >= 0.3 is 0 Å². The second kappa shape index (κ2) is 3.02. The molecule has 4 fully saturated rings. The zero-order valence-electron chi connectivity index (χ0n) is 11.4. The van der Waals surface area contributed by atoms with Crippen molar-refractivity contribution in [1.82, 2.24) is 0 Å². The van der Waals surface area contributed by atoms with Gasteiger partial charge < -0.3 is 5.11 Å². The predicted octanol–water partition coefficient (Wildman–Crippen LogP) is 3.34. The monoisotopic (exact) mass is 246 g/mol. The van der Waals surface area contributed by atoms with E-state index < -0.39 is 0 Å². The van der Waals surface area contributed by atoms with E-state index in [1.54, 1.807) is 0 Å². The largest absolute Gasteiger partial charge is 0.511 e. The van der Waals surface area contributed by atoms with Crippen LogP contribution in [0.4, 0.5) is 0 Å². The molecule has 6 atom stereocenters. The van der Waals surface area contributed by atoms with E-state index in [0.29, 0.717) is 35.2 Å². The maximum atomic E-state index is 12.7. The van der Waals surface area contributed by atoms with Crippen molar-refractivity contribution in [1.29, 1.82) is 0 Å². The summed E-state index contributed by atoms with van der Waals surface area (Å²) in [6.45, 7) is 6.02. The van der Waals surface area contributed by atoms with Gasteiger partial charge in [0.15, 0.2) is 5.78 Å². The molecule has 0 aliphatic heterocycles. The molecular formula is C16H22O2. The van der Waals surface area contributed by atoms with E-state index in [-0.39, 0.29) is 11.3 Å². The van der Waals surface area contributed by atoms with Crippen molar-refractivity contribution in [3.8, 4) is 0 Å². The average molecular weight is 246 g/mol. The fourth-order valence-electron chi connectivity index (χ4n) is 5.68. The topological polar surface area (TPSA) is 37.3 Å². The molecule has 2 bridgehead atoms. The number of aliphatic hydroxyl groups excluding tert-OH is 1. The molecule has 1 N–H and O–H groups in total. The van der Waals surface area contributed by atoms with Crippen molar-refractivity contribution in [3.63, 3.8) is 0 Å². The molecule has 0 aromatic heterocycles. The average Bonchev–Trinajstić information content (AvgIpc) is 2.87. The zero-order chi connectivity index (χ0) is 12.8. The Morgan fingerprint density at radius 3 is 2.28 bits per heavy atom. The maximum absolute atomic E-state index is 12.7. The van der Waals surface area contributed by atoms with E-state index in [9.17, 15) is 9.90 Å². The van der Waals surface area contributed by atoms with Gasteiger partial charge in [0.05, 0.1) is 0 Å². The lowest BCUT2D eigenvalue weighted by atomic mass is 9.78. The molecule has 4 aliphatic carbocycles. The Hall–Kier alpha value is -0.790. The first-order valence-corrected chi connectivity index (χ1v) is 7.39. The van der Waals surface area contributed by atoms with Gasteiger partial charge in [0.1, 0.15) is 5.76 Å². The van der Waals surface area contributed by atoms with E-state index in [4.69, 9.17) is 0 Å². The van der Waals surface area contributed by atoms with Crippen molar-refractivity contribution < 1.29 is 9.90 Å². The highest BCUT2D eigenvalue weighted by molar-refractivity contribution is 6.02. The number of Topliss-reactive ketones (excluding diaryl/α,β-unsaturated/α-hetero) is 1. The SMILES string of the molecule is CC(C)(C)/C(O)=C1/C(=O)C2C3CCC4C3CC2C14. The number of ketones is 1. The summed E-state index contributed by atoms with van der Waals surface area (Å²) in [5.74, 6) is 4.14. The second-order valence-electron chi connectivity index (χ2n) is 7.90. The highest BCUT2D eigenvalue weighted by atomic mass is 16.3. The number of fused-ring (bicyclic) bond motifs is 2. The molecule has 0 heterocycles. The summed E-state index contributed by atoms with van der Waals surface area (Å²) in [5, 5.41) is 10.5. The van der Waals surface area contributed by atoms with E-state index in [2.05, 4.69) is 0 Å². The maximum Gasteiger partial charge on any atom is 0.166 e. The molecule has 0 aromatic rings. The standard InChI is InChI=1S/C16H22O2/c1-16(2,3)15(18)13-11-7-4-5-8-9(7)6-10(11)12(8)14(13)17/h7-12,18H,4-6H2,1-3H3/b15-13-. The molecule has 4 aliphatic rings. The fourth-order valence-corrected chi connectivity index (χ4v) is 5.68. The van der Waals surface area contributed by atoms with Gasteiger partial charge in [-0.2, -0.15) is 0 Å². The van der Waals surface area contributed by atoms with Crippen LogP contribution in [0, 0.1) is 40.9 Å². The third-order valence-electron chi connectivity index (χ3n) is 6.19. The van der Waals surface area contributed by atoms with Gasteiger partial charge in [0.25, 0.3) is 0 Å². The van der Waals surface area contributed by atoms with E-state index >= 15 is 0 Å². The van der Waals surface area contributed by atoms with Crippen LogP contribution < -0.4 is 0 Å². The van der Waals surface area contributed by atoms with Gasteiger partial charge in [-0.25, -0.2) is 0 Å². The first kappa shape index (κ1) is 11.1. The molecule has 4 saturated carbocycles. The van der Waals surface area contributed by atoms with E-state index in [1.807, 2.05) is 20.8 Å². The minimum Gasteiger partial charge on any atom is -0.511 e. The summed E-state index contributed by atoms with van der Waals surface area (Å²) in [6.07, 6.45) is 3.82. The quantitative estimate of drug-likeness (QED) is 0.526. The predicted molar refractivity (Wildman–Crippen MR) is 68.9 cm³/mol. The molecule has 2 nitrogen and oxygen atoms in total.